The zero-order chi connectivity index (χ0) is 26.9. The lowest BCUT2D eigenvalue weighted by molar-refractivity contribution is 0.126. The van der Waals surface area contributed by atoms with Gasteiger partial charge in [-0.3, -0.25) is 4.57 Å². The van der Waals surface area contributed by atoms with Crippen molar-refractivity contribution in [2.75, 3.05) is 56.9 Å². The van der Waals surface area contributed by atoms with Crippen LogP contribution in [0.1, 0.15) is 38.1 Å². The number of aromatic nitrogens is 4. The highest BCUT2D eigenvalue weighted by molar-refractivity contribution is 5.77. The fourth-order valence-corrected chi connectivity index (χ4v) is 5.80. The van der Waals surface area contributed by atoms with Crippen molar-refractivity contribution in [3.05, 3.63) is 36.3 Å². The summed E-state index contributed by atoms with van der Waals surface area (Å²) in [6.45, 7) is 4.36. The summed E-state index contributed by atoms with van der Waals surface area (Å²) in [5, 5.41) is 16.4. The lowest BCUT2D eigenvalue weighted by atomic mass is 9.93. The van der Waals surface area contributed by atoms with E-state index < -0.39 is 0 Å². The number of imidazole rings is 1. The minimum atomic E-state index is -0.373. The van der Waals surface area contributed by atoms with Crippen LogP contribution in [0.15, 0.2) is 30.5 Å². The van der Waals surface area contributed by atoms with Crippen molar-refractivity contribution in [2.24, 2.45) is 0 Å². The van der Waals surface area contributed by atoms with E-state index in [1.807, 2.05) is 14.4 Å². The second-order valence-electron chi connectivity index (χ2n) is 10.9. The number of hydrogen-bond acceptors (Lipinski definition) is 8. The number of fused-ring (bicyclic) bond motifs is 1. The van der Waals surface area contributed by atoms with E-state index in [4.69, 9.17) is 9.97 Å². The maximum absolute atomic E-state index is 14.6. The molecule has 3 aromatic rings. The van der Waals surface area contributed by atoms with Gasteiger partial charge in [-0.25, -0.2) is 19.2 Å². The molecule has 1 aromatic carbocycles. The molecule has 0 spiro atoms. The Labute approximate surface area is 227 Å². The molecule has 1 atom stereocenters. The first-order valence-electron chi connectivity index (χ1n) is 13.9. The molecule has 3 fully saturated rings. The number of rotatable bonds is 5. The summed E-state index contributed by atoms with van der Waals surface area (Å²) in [6, 6.07) is 6.69. The monoisotopic (exact) mass is 537 g/mol. The van der Waals surface area contributed by atoms with Gasteiger partial charge in [0.2, 0.25) is 11.9 Å². The highest BCUT2D eigenvalue weighted by atomic mass is 19.1. The highest BCUT2D eigenvalue weighted by Gasteiger charge is 2.34. The van der Waals surface area contributed by atoms with E-state index in [0.29, 0.717) is 41.8 Å². The van der Waals surface area contributed by atoms with Crippen LogP contribution in [-0.4, -0.2) is 104 Å². The molecule has 2 saturated heterocycles. The molecule has 0 bridgehead atoms. The van der Waals surface area contributed by atoms with Gasteiger partial charge in [-0.1, -0.05) is 12.1 Å². The normalized spacial score (nSPS) is 24.3. The van der Waals surface area contributed by atoms with Crippen molar-refractivity contribution >= 4 is 34.8 Å². The van der Waals surface area contributed by atoms with Crippen LogP contribution >= 0.6 is 0 Å². The van der Waals surface area contributed by atoms with Crippen LogP contribution in [0.25, 0.3) is 11.2 Å². The van der Waals surface area contributed by atoms with E-state index in [1.165, 1.54) is 6.07 Å². The van der Waals surface area contributed by atoms with Gasteiger partial charge in [-0.15, -0.1) is 0 Å². The molecule has 3 aliphatic rings. The molecule has 208 valence electrons. The third-order valence-electron chi connectivity index (χ3n) is 8.16. The van der Waals surface area contributed by atoms with Gasteiger partial charge in [0, 0.05) is 45.3 Å². The minimum Gasteiger partial charge on any atom is -0.393 e. The zero-order valence-electron chi connectivity index (χ0n) is 22.3. The van der Waals surface area contributed by atoms with E-state index >= 15 is 0 Å². The number of hydrogen-bond donors (Lipinski definition) is 3. The topological polar surface area (TPSA) is 115 Å². The summed E-state index contributed by atoms with van der Waals surface area (Å²) in [4.78, 5) is 33.4. The van der Waals surface area contributed by atoms with Crippen LogP contribution in [-0.2, 0) is 0 Å². The molecule has 2 aliphatic heterocycles. The standard InChI is InChI=1S/C27H36FN9O2/c1-34-12-14-35(15-13-34)27(39)36-11-10-19(17-36)37-24-23(32-26(37)31-22-5-3-2-4-21(22)28)16-29-25(33-24)30-18-6-8-20(38)9-7-18/h2-5,16,18-20,38H,6-15,17H2,1H3,(H,31,32)(H,29,30,33)/t18?,19-,20?/m0/s1. The number of aliphatic hydroxyl groups is 1. The Morgan fingerprint density at radius 2 is 1.77 bits per heavy atom. The average molecular weight is 538 g/mol. The van der Waals surface area contributed by atoms with Gasteiger partial charge < -0.3 is 30.4 Å². The quantitative estimate of drug-likeness (QED) is 0.455. The van der Waals surface area contributed by atoms with Gasteiger partial charge in [0.1, 0.15) is 11.3 Å². The fraction of sp³-hybridized carbons (Fsp3) is 0.556. The predicted octanol–water partition coefficient (Wildman–Crippen LogP) is 3.04. The van der Waals surface area contributed by atoms with Gasteiger partial charge in [-0.2, -0.15) is 4.98 Å². The summed E-state index contributed by atoms with van der Waals surface area (Å²) < 4.78 is 16.6. The lowest BCUT2D eigenvalue weighted by Gasteiger charge is -2.35. The van der Waals surface area contributed by atoms with Gasteiger partial charge >= 0.3 is 6.03 Å². The van der Waals surface area contributed by atoms with Crippen molar-refractivity contribution in [3.63, 3.8) is 0 Å². The van der Waals surface area contributed by atoms with Crippen molar-refractivity contribution in [1.82, 2.24) is 34.2 Å². The number of amides is 2. The smallest absolute Gasteiger partial charge is 0.320 e. The first-order chi connectivity index (χ1) is 18.9. The number of carbonyl (C=O) groups excluding carboxylic acids is 1. The Hall–Kier alpha value is -3.51. The third kappa shape index (κ3) is 5.48. The number of nitrogens with one attached hydrogen (secondary N) is 2. The first-order valence-corrected chi connectivity index (χ1v) is 13.9. The molecule has 6 rings (SSSR count). The number of para-hydroxylation sites is 1. The molecule has 3 N–H and O–H groups in total. The summed E-state index contributed by atoms with van der Waals surface area (Å²) in [7, 11) is 2.07. The molecule has 2 amide bonds. The SMILES string of the molecule is CN1CCN(C(=O)N2CC[C@H](n3c(Nc4ccccc4F)nc4cnc(NC5CCC(O)CC5)nc43)C2)CC1. The maximum atomic E-state index is 14.6. The van der Waals surface area contributed by atoms with Crippen LogP contribution in [0.4, 0.5) is 26.8 Å². The number of likely N-dealkylation sites (tertiary alicyclic amines) is 1. The summed E-state index contributed by atoms with van der Waals surface area (Å²) in [5.74, 6) is 0.606. The Bertz CT molecular complexity index is 1320. The molecule has 0 radical (unpaired) electrons. The van der Waals surface area contributed by atoms with Crippen LogP contribution in [0.5, 0.6) is 0 Å². The number of halogens is 1. The van der Waals surface area contributed by atoms with Crippen LogP contribution < -0.4 is 10.6 Å². The Balaban J connectivity index is 1.28. The molecule has 1 saturated carbocycles. The highest BCUT2D eigenvalue weighted by Crippen LogP contribution is 2.33. The Morgan fingerprint density at radius 1 is 1.00 bits per heavy atom. The van der Waals surface area contributed by atoms with E-state index in [-0.39, 0.29) is 30.0 Å². The number of aliphatic hydroxyl groups excluding tert-OH is 1. The van der Waals surface area contributed by atoms with E-state index in [1.54, 1.807) is 24.4 Å². The second kappa shape index (κ2) is 10.9. The van der Waals surface area contributed by atoms with E-state index in [2.05, 4.69) is 27.6 Å². The third-order valence-corrected chi connectivity index (χ3v) is 8.16. The van der Waals surface area contributed by atoms with Gasteiger partial charge in [0.25, 0.3) is 0 Å². The van der Waals surface area contributed by atoms with Crippen molar-refractivity contribution in [3.8, 4) is 0 Å². The minimum absolute atomic E-state index is 0.0649. The fourth-order valence-electron chi connectivity index (χ4n) is 5.80. The number of benzene rings is 1. The molecule has 11 nitrogen and oxygen atoms in total. The molecule has 1 aliphatic carbocycles. The maximum Gasteiger partial charge on any atom is 0.320 e. The lowest BCUT2D eigenvalue weighted by Crippen LogP contribution is -2.51. The molecular formula is C27H36FN9O2. The second-order valence-corrected chi connectivity index (χ2v) is 10.9. The predicted molar refractivity (Wildman–Crippen MR) is 147 cm³/mol. The molecule has 4 heterocycles. The van der Waals surface area contributed by atoms with Gasteiger partial charge in [0.15, 0.2) is 5.65 Å². The van der Waals surface area contributed by atoms with Crippen molar-refractivity contribution in [2.45, 2.75) is 50.3 Å². The molecule has 2 aromatic heterocycles. The molecule has 12 heteroatoms. The van der Waals surface area contributed by atoms with E-state index in [0.717, 1.165) is 58.3 Å². The molecule has 0 unspecified atom stereocenters. The van der Waals surface area contributed by atoms with Crippen LogP contribution in [0, 0.1) is 5.82 Å². The molecule has 39 heavy (non-hydrogen) atoms. The number of urea groups is 1. The summed E-state index contributed by atoms with van der Waals surface area (Å²) >= 11 is 0. The number of carbonyl (C=O) groups is 1. The van der Waals surface area contributed by atoms with Gasteiger partial charge in [-0.05, 0) is 51.3 Å². The Morgan fingerprint density at radius 3 is 2.54 bits per heavy atom. The zero-order valence-corrected chi connectivity index (χ0v) is 22.3. The van der Waals surface area contributed by atoms with Crippen LogP contribution in [0.2, 0.25) is 0 Å². The summed E-state index contributed by atoms with van der Waals surface area (Å²) in [5.41, 5.74) is 1.56. The first kappa shape index (κ1) is 25.8. The van der Waals surface area contributed by atoms with Crippen molar-refractivity contribution in [1.29, 1.82) is 0 Å². The number of nitrogens with zero attached hydrogens (tertiary/aromatic N) is 7. The Kier molecular flexibility index (Phi) is 7.22. The van der Waals surface area contributed by atoms with Gasteiger partial charge in [0.05, 0.1) is 24.0 Å². The van der Waals surface area contributed by atoms with Crippen LogP contribution in [0.3, 0.4) is 0 Å². The number of piperazine rings is 1. The summed E-state index contributed by atoms with van der Waals surface area (Å²) in [6.07, 6.45) is 5.42. The number of anilines is 3. The number of likely N-dealkylation sites (N-methyl/N-ethyl adjacent to an activating group) is 1. The van der Waals surface area contributed by atoms with E-state index in [9.17, 15) is 14.3 Å². The average Bonchev–Trinajstić information content (AvgIpc) is 3.56. The van der Waals surface area contributed by atoms with Crippen molar-refractivity contribution < 1.29 is 14.3 Å². The largest absolute Gasteiger partial charge is 0.393 e. The molecular weight excluding hydrogens is 501 g/mol.